The number of oxime groups is 1. The van der Waals surface area contributed by atoms with E-state index in [0.717, 1.165) is 27.8 Å². The number of hydrogen-bond donors (Lipinski definition) is 5. The average molecular weight is 1050 g/mol. The first-order valence-electron chi connectivity index (χ1n) is 23.4. The molecule has 0 saturated heterocycles. The summed E-state index contributed by atoms with van der Waals surface area (Å²) in [6.07, 6.45) is -1.07. The van der Waals surface area contributed by atoms with Gasteiger partial charge in [-0.15, -0.1) is 0 Å². The van der Waals surface area contributed by atoms with E-state index in [9.17, 15) is 24.0 Å². The number of rotatable bonds is 22. The largest absolute Gasteiger partial charge is 0.480 e. The number of anilines is 2. The molecule has 0 aliphatic rings. The van der Waals surface area contributed by atoms with Crippen molar-refractivity contribution in [2.24, 2.45) is 10.9 Å². The van der Waals surface area contributed by atoms with Crippen LogP contribution in [0.1, 0.15) is 36.4 Å². The SMILES string of the molecule is CCOC(=O)Nc1cccc(Cn2nc(-c3ccc(-c4noc(COCCOC)n4)cc3)ccc2=O)c1.CCOC(=O)Nc1cccc(Cn2nc(-c3ccc(/C(N)=N/O)cc3)ccc2=O)c1.COCCOCC(=O)O. The number of carbonyl (C=O) groups excluding carboxylic acids is 2. The third-order valence-corrected chi connectivity index (χ3v) is 10.1. The molecule has 0 saturated carbocycles. The van der Waals surface area contributed by atoms with Crippen LogP contribution in [0, 0.1) is 0 Å². The molecule has 4 aromatic carbocycles. The zero-order chi connectivity index (χ0) is 54.7. The van der Waals surface area contributed by atoms with Crippen LogP contribution >= 0.6 is 0 Å². The predicted octanol–water partition coefficient (Wildman–Crippen LogP) is 6.10. The number of hydrogen-bond acceptors (Lipinski definition) is 18. The summed E-state index contributed by atoms with van der Waals surface area (Å²) in [5.41, 5.74) is 12.0. The number of nitrogens with one attached hydrogen (secondary N) is 2. The topological polar surface area (TPSA) is 318 Å². The number of carboxylic acids is 1. The standard InChI is InChI=1S/C26H27N5O6.C21H21N5O4.C5H10O4/c1-3-36-26(33)27-21-6-4-5-18(15-21)16-31-24(32)12-11-22(29-31)19-7-9-20(10-8-19)25-28-23(37-30-25)17-35-14-13-34-2;1-2-30-21(28)23-17-5-3-4-14(12-17)13-26-19(27)11-10-18(24-26)15-6-8-16(9-7-15)20(22)25-29;1-8-2-3-9-4-5(6)7/h4-12,15H,3,13-14,16-17H2,1-2H3,(H,27,33);3-12,29H,2,13H2,1H3,(H2,22,25)(H,23,28);2-4H2,1H3,(H,6,7). The summed E-state index contributed by atoms with van der Waals surface area (Å²) in [5, 5.41) is 38.0. The third kappa shape index (κ3) is 19.1. The number of aromatic nitrogens is 6. The van der Waals surface area contributed by atoms with Crippen LogP contribution in [0.2, 0.25) is 0 Å². The second-order valence-electron chi connectivity index (χ2n) is 15.7. The first kappa shape index (κ1) is 57.8. The van der Waals surface area contributed by atoms with E-state index in [-0.39, 0.29) is 56.5 Å². The Kier molecular flexibility index (Phi) is 23.4. The second-order valence-corrected chi connectivity index (χ2v) is 15.7. The van der Waals surface area contributed by atoms with Crippen LogP contribution in [-0.2, 0) is 52.9 Å². The van der Waals surface area contributed by atoms with Crippen molar-refractivity contribution in [3.63, 3.8) is 0 Å². The van der Waals surface area contributed by atoms with Gasteiger partial charge in [-0.2, -0.15) is 15.2 Å². The smallest absolute Gasteiger partial charge is 0.411 e. The van der Waals surface area contributed by atoms with Crippen molar-refractivity contribution in [3.8, 4) is 33.9 Å². The zero-order valence-electron chi connectivity index (χ0n) is 42.1. The summed E-state index contributed by atoms with van der Waals surface area (Å²) >= 11 is 0. The van der Waals surface area contributed by atoms with Crippen molar-refractivity contribution in [1.29, 1.82) is 0 Å². The molecule has 0 atom stereocenters. The van der Waals surface area contributed by atoms with Gasteiger partial charge in [0, 0.05) is 60.0 Å². The Morgan fingerprint density at radius 3 is 1.62 bits per heavy atom. The van der Waals surface area contributed by atoms with Gasteiger partial charge in [-0.1, -0.05) is 83.1 Å². The number of ether oxygens (including phenoxy) is 6. The minimum Gasteiger partial charge on any atom is -0.480 e. The van der Waals surface area contributed by atoms with Crippen molar-refractivity contribution >= 4 is 35.4 Å². The molecular formula is C52H58N10O14. The van der Waals surface area contributed by atoms with Crippen LogP contribution < -0.4 is 27.5 Å². The van der Waals surface area contributed by atoms with Crippen LogP contribution in [0.25, 0.3) is 33.9 Å². The van der Waals surface area contributed by atoms with Gasteiger partial charge in [0.25, 0.3) is 17.0 Å². The minimum atomic E-state index is -0.953. The fourth-order valence-corrected chi connectivity index (χ4v) is 6.54. The second kappa shape index (κ2) is 30.8. The van der Waals surface area contributed by atoms with Gasteiger partial charge >= 0.3 is 18.2 Å². The number of amidine groups is 1. The fourth-order valence-electron chi connectivity index (χ4n) is 6.54. The lowest BCUT2D eigenvalue weighted by atomic mass is 10.1. The number of carbonyl (C=O) groups is 3. The van der Waals surface area contributed by atoms with Gasteiger partial charge in [0.2, 0.25) is 5.82 Å². The summed E-state index contributed by atoms with van der Waals surface area (Å²) in [5.74, 6) is -0.113. The van der Waals surface area contributed by atoms with Gasteiger partial charge < -0.3 is 49.0 Å². The van der Waals surface area contributed by atoms with Crippen molar-refractivity contribution in [1.82, 2.24) is 29.7 Å². The van der Waals surface area contributed by atoms with E-state index in [0.29, 0.717) is 66.5 Å². The van der Waals surface area contributed by atoms with Gasteiger partial charge in [0.1, 0.15) is 13.2 Å². The van der Waals surface area contributed by atoms with Crippen LogP contribution in [0.3, 0.4) is 0 Å². The third-order valence-electron chi connectivity index (χ3n) is 10.1. The van der Waals surface area contributed by atoms with E-state index < -0.39 is 18.2 Å². The monoisotopic (exact) mass is 1050 g/mol. The van der Waals surface area contributed by atoms with Crippen LogP contribution in [0.4, 0.5) is 21.0 Å². The minimum absolute atomic E-state index is 0.00999. The molecule has 76 heavy (non-hydrogen) atoms. The number of nitrogens with two attached hydrogens (primary N) is 1. The van der Waals surface area contributed by atoms with Crippen molar-refractivity contribution < 1.29 is 57.6 Å². The normalized spacial score (nSPS) is 10.8. The maximum atomic E-state index is 12.5. The van der Waals surface area contributed by atoms with E-state index in [1.807, 2.05) is 36.4 Å². The van der Waals surface area contributed by atoms with Gasteiger partial charge in [-0.3, -0.25) is 20.2 Å². The lowest BCUT2D eigenvalue weighted by Gasteiger charge is -2.10. The van der Waals surface area contributed by atoms with Gasteiger partial charge in [0.05, 0.1) is 64.1 Å². The van der Waals surface area contributed by atoms with E-state index in [1.165, 1.54) is 28.6 Å². The summed E-state index contributed by atoms with van der Waals surface area (Å²) in [4.78, 5) is 62.2. The Labute approximate surface area is 435 Å². The molecule has 6 N–H and O–H groups in total. The van der Waals surface area contributed by atoms with Crippen LogP contribution in [-0.4, -0.2) is 124 Å². The van der Waals surface area contributed by atoms with E-state index >= 15 is 0 Å². The average Bonchev–Trinajstić information content (AvgIpc) is 3.90. The van der Waals surface area contributed by atoms with Crippen molar-refractivity contribution in [2.45, 2.75) is 33.5 Å². The molecule has 0 aliphatic heterocycles. The molecule has 7 aromatic rings. The van der Waals surface area contributed by atoms with Crippen molar-refractivity contribution in [2.75, 3.05) is 71.1 Å². The first-order valence-corrected chi connectivity index (χ1v) is 23.4. The molecule has 0 aliphatic carbocycles. The Hall–Kier alpha value is -9.10. The highest BCUT2D eigenvalue weighted by Crippen LogP contribution is 2.23. The number of carboxylic acid groups (broad SMARTS) is 1. The molecule has 3 aromatic heterocycles. The molecule has 0 radical (unpaired) electrons. The molecular weight excluding hydrogens is 989 g/mol. The molecule has 0 spiro atoms. The number of benzene rings is 4. The maximum absolute atomic E-state index is 12.5. The maximum Gasteiger partial charge on any atom is 0.411 e. The molecule has 24 nitrogen and oxygen atoms in total. The molecule has 0 bridgehead atoms. The highest BCUT2D eigenvalue weighted by Gasteiger charge is 2.12. The van der Waals surface area contributed by atoms with Crippen molar-refractivity contribution in [3.05, 3.63) is 165 Å². The molecule has 0 fully saturated rings. The van der Waals surface area contributed by atoms with Gasteiger partial charge in [0.15, 0.2) is 5.84 Å². The first-order chi connectivity index (χ1) is 36.8. The molecule has 2 amide bonds. The van der Waals surface area contributed by atoms with Crippen LogP contribution in [0.15, 0.2) is 141 Å². The molecule has 24 heteroatoms. The number of nitrogens with zero attached hydrogens (tertiary/aromatic N) is 7. The summed E-state index contributed by atoms with van der Waals surface area (Å²) in [7, 11) is 3.14. The van der Waals surface area contributed by atoms with Crippen LogP contribution in [0.5, 0.6) is 0 Å². The summed E-state index contributed by atoms with van der Waals surface area (Å²) in [6.45, 7) is 6.14. The predicted molar refractivity (Wildman–Crippen MR) is 278 cm³/mol. The number of methoxy groups -OCH3 is 2. The quantitative estimate of drug-likeness (QED) is 0.0168. The highest BCUT2D eigenvalue weighted by molar-refractivity contribution is 5.97. The Morgan fingerprint density at radius 1 is 0.658 bits per heavy atom. The summed E-state index contributed by atoms with van der Waals surface area (Å²) < 4.78 is 37.3. The van der Waals surface area contributed by atoms with Gasteiger partial charge in [-0.05, 0) is 61.4 Å². The lowest BCUT2D eigenvalue weighted by Crippen LogP contribution is -2.23. The molecule has 0 unspecified atom stereocenters. The summed E-state index contributed by atoms with van der Waals surface area (Å²) in [6, 6.07) is 34.9. The zero-order valence-corrected chi connectivity index (χ0v) is 42.1. The number of aliphatic carboxylic acids is 1. The van der Waals surface area contributed by atoms with Gasteiger partial charge in [-0.25, -0.2) is 23.7 Å². The lowest BCUT2D eigenvalue weighted by molar-refractivity contribution is -0.142. The van der Waals surface area contributed by atoms with E-state index in [4.69, 9.17) is 39.5 Å². The Bertz CT molecular complexity index is 3110. The highest BCUT2D eigenvalue weighted by atomic mass is 16.6. The Morgan fingerprint density at radius 2 is 1.14 bits per heavy atom. The number of amides is 2. The molecule has 3 heterocycles. The fraction of sp³-hybridized carbons (Fsp3) is 0.269. The Balaban J connectivity index is 0.000000245. The molecule has 400 valence electrons. The molecule has 7 rings (SSSR count). The van der Waals surface area contributed by atoms with E-state index in [2.05, 4.69) is 45.6 Å². The van der Waals surface area contributed by atoms with E-state index in [1.54, 1.807) is 93.8 Å².